The third-order valence-electron chi connectivity index (χ3n) is 3.64. The second-order valence-corrected chi connectivity index (χ2v) is 5.75. The molecule has 0 aliphatic carbocycles. The van der Waals surface area contributed by atoms with E-state index in [9.17, 15) is 9.59 Å². The van der Waals surface area contributed by atoms with Gasteiger partial charge in [-0.1, -0.05) is 36.9 Å². The standard InChI is InChI=1S/C19H26O4/c1-5-16-6-8-17(9-7-16)10-11-18(12-14(2)20)23-19(21)13-15(3)22-4/h5-9,15,18H,1,10-13H2,2-4H3. The fourth-order valence-electron chi connectivity index (χ4n) is 2.22. The number of carbonyl (C=O) groups is 2. The lowest BCUT2D eigenvalue weighted by Gasteiger charge is -2.18. The SMILES string of the molecule is C=Cc1ccc(CCC(CC(C)=O)OC(=O)CC(C)OC)cc1. The summed E-state index contributed by atoms with van der Waals surface area (Å²) in [6, 6.07) is 8.04. The molecule has 0 spiro atoms. The minimum Gasteiger partial charge on any atom is -0.462 e. The molecule has 0 aliphatic rings. The summed E-state index contributed by atoms with van der Waals surface area (Å²) < 4.78 is 10.5. The zero-order valence-corrected chi connectivity index (χ0v) is 14.2. The summed E-state index contributed by atoms with van der Waals surface area (Å²) in [7, 11) is 1.55. The highest BCUT2D eigenvalue weighted by atomic mass is 16.5. The lowest BCUT2D eigenvalue weighted by molar-refractivity contribution is -0.152. The van der Waals surface area contributed by atoms with Gasteiger partial charge in [0.1, 0.15) is 11.9 Å². The summed E-state index contributed by atoms with van der Waals surface area (Å²) >= 11 is 0. The Kier molecular flexibility index (Phi) is 8.27. The van der Waals surface area contributed by atoms with Gasteiger partial charge in [-0.25, -0.2) is 0 Å². The Balaban J connectivity index is 2.57. The van der Waals surface area contributed by atoms with Crippen molar-refractivity contribution in [3.63, 3.8) is 0 Å². The number of hydrogen-bond acceptors (Lipinski definition) is 4. The Labute approximate surface area is 138 Å². The number of hydrogen-bond donors (Lipinski definition) is 0. The quantitative estimate of drug-likeness (QED) is 0.619. The molecule has 0 fully saturated rings. The molecule has 4 nitrogen and oxygen atoms in total. The van der Waals surface area contributed by atoms with E-state index in [1.54, 1.807) is 13.2 Å². The van der Waals surface area contributed by atoms with Crippen LogP contribution < -0.4 is 0 Å². The third-order valence-corrected chi connectivity index (χ3v) is 3.64. The first-order valence-corrected chi connectivity index (χ1v) is 7.87. The van der Waals surface area contributed by atoms with Gasteiger partial charge in [0, 0.05) is 13.5 Å². The number of esters is 1. The van der Waals surface area contributed by atoms with Crippen molar-refractivity contribution in [2.75, 3.05) is 7.11 Å². The highest BCUT2D eigenvalue weighted by Gasteiger charge is 2.18. The topological polar surface area (TPSA) is 52.6 Å². The van der Waals surface area contributed by atoms with Gasteiger partial charge in [0.2, 0.25) is 0 Å². The Bertz CT molecular complexity index is 519. The highest BCUT2D eigenvalue weighted by molar-refractivity contribution is 5.77. The highest BCUT2D eigenvalue weighted by Crippen LogP contribution is 2.14. The largest absolute Gasteiger partial charge is 0.462 e. The van der Waals surface area contributed by atoms with Crippen molar-refractivity contribution in [1.29, 1.82) is 0 Å². The van der Waals surface area contributed by atoms with Crippen LogP contribution in [0.25, 0.3) is 6.08 Å². The first kappa shape index (κ1) is 19.1. The van der Waals surface area contributed by atoms with Crippen LogP contribution >= 0.6 is 0 Å². The molecule has 0 aromatic heterocycles. The van der Waals surface area contributed by atoms with Gasteiger partial charge in [0.15, 0.2) is 0 Å². The van der Waals surface area contributed by atoms with Crippen molar-refractivity contribution < 1.29 is 19.1 Å². The van der Waals surface area contributed by atoms with Gasteiger partial charge in [-0.05, 0) is 37.8 Å². The molecule has 0 aliphatic heterocycles. The normalized spacial score (nSPS) is 13.2. The summed E-state index contributed by atoms with van der Waals surface area (Å²) in [5, 5.41) is 0. The van der Waals surface area contributed by atoms with Crippen molar-refractivity contribution >= 4 is 17.8 Å². The molecule has 1 aromatic rings. The van der Waals surface area contributed by atoms with Gasteiger partial charge in [-0.2, -0.15) is 0 Å². The van der Waals surface area contributed by atoms with E-state index in [1.807, 2.05) is 31.2 Å². The first-order chi connectivity index (χ1) is 10.9. The van der Waals surface area contributed by atoms with Crippen LogP contribution in [0, 0.1) is 0 Å². The summed E-state index contributed by atoms with van der Waals surface area (Å²) in [6.45, 7) is 7.04. The number of ether oxygens (including phenoxy) is 2. The Morgan fingerprint density at radius 1 is 1.22 bits per heavy atom. The van der Waals surface area contributed by atoms with E-state index in [1.165, 1.54) is 6.92 Å². The number of Topliss-reactive ketones (excluding diaryl/α,β-unsaturated/α-hetero) is 1. The molecular formula is C19H26O4. The van der Waals surface area contributed by atoms with E-state index in [2.05, 4.69) is 6.58 Å². The molecule has 4 heteroatoms. The maximum atomic E-state index is 11.9. The van der Waals surface area contributed by atoms with Gasteiger partial charge in [-0.3, -0.25) is 9.59 Å². The Hall–Kier alpha value is -1.94. The fourth-order valence-corrected chi connectivity index (χ4v) is 2.22. The van der Waals surface area contributed by atoms with E-state index >= 15 is 0 Å². The summed E-state index contributed by atoms with van der Waals surface area (Å²) in [5.41, 5.74) is 2.21. The predicted octanol–water partition coefficient (Wildman–Crippen LogP) is 3.58. The average Bonchev–Trinajstić information content (AvgIpc) is 2.52. The molecular weight excluding hydrogens is 292 g/mol. The zero-order chi connectivity index (χ0) is 17.2. The first-order valence-electron chi connectivity index (χ1n) is 7.87. The van der Waals surface area contributed by atoms with Gasteiger partial charge >= 0.3 is 5.97 Å². The molecule has 2 unspecified atom stereocenters. The molecule has 0 saturated heterocycles. The van der Waals surface area contributed by atoms with Crippen molar-refractivity contribution in [2.45, 2.75) is 51.7 Å². The van der Waals surface area contributed by atoms with Crippen LogP contribution in [0.1, 0.15) is 44.2 Å². The van der Waals surface area contributed by atoms with Crippen LogP contribution in [0.4, 0.5) is 0 Å². The maximum Gasteiger partial charge on any atom is 0.308 e. The lowest BCUT2D eigenvalue weighted by Crippen LogP contribution is -2.24. The smallest absolute Gasteiger partial charge is 0.308 e. The fraction of sp³-hybridized carbons (Fsp3) is 0.474. The van der Waals surface area contributed by atoms with E-state index in [0.717, 1.165) is 17.5 Å². The lowest BCUT2D eigenvalue weighted by atomic mass is 10.0. The van der Waals surface area contributed by atoms with Crippen molar-refractivity contribution in [1.82, 2.24) is 0 Å². The predicted molar refractivity (Wildman–Crippen MR) is 91.1 cm³/mol. The van der Waals surface area contributed by atoms with Gasteiger partial charge in [-0.15, -0.1) is 0 Å². The zero-order valence-electron chi connectivity index (χ0n) is 14.2. The number of methoxy groups -OCH3 is 1. The molecule has 23 heavy (non-hydrogen) atoms. The molecule has 0 heterocycles. The molecule has 0 radical (unpaired) electrons. The monoisotopic (exact) mass is 318 g/mol. The molecule has 126 valence electrons. The second-order valence-electron chi connectivity index (χ2n) is 5.75. The van der Waals surface area contributed by atoms with Crippen molar-refractivity contribution in [2.24, 2.45) is 0 Å². The number of rotatable bonds is 10. The molecule has 0 bridgehead atoms. The maximum absolute atomic E-state index is 11.9. The summed E-state index contributed by atoms with van der Waals surface area (Å²) in [4.78, 5) is 23.3. The van der Waals surface area contributed by atoms with Crippen LogP contribution in [-0.4, -0.2) is 31.1 Å². The minimum atomic E-state index is -0.386. The average molecular weight is 318 g/mol. The number of carbonyl (C=O) groups excluding carboxylic acids is 2. The van der Waals surface area contributed by atoms with Gasteiger partial charge in [0.25, 0.3) is 0 Å². The van der Waals surface area contributed by atoms with Crippen LogP contribution in [0.5, 0.6) is 0 Å². The second kappa shape index (κ2) is 9.95. The molecule has 0 amide bonds. The van der Waals surface area contributed by atoms with Crippen molar-refractivity contribution in [3.8, 4) is 0 Å². The number of ketones is 1. The molecule has 0 saturated carbocycles. The van der Waals surface area contributed by atoms with E-state index in [-0.39, 0.29) is 36.8 Å². The summed E-state index contributed by atoms with van der Waals surface area (Å²) in [6.07, 6.45) is 3.04. The Morgan fingerprint density at radius 3 is 2.39 bits per heavy atom. The molecule has 0 N–H and O–H groups in total. The van der Waals surface area contributed by atoms with Crippen LogP contribution in [0.2, 0.25) is 0 Å². The summed E-state index contributed by atoms with van der Waals surface area (Å²) in [5.74, 6) is -0.308. The van der Waals surface area contributed by atoms with E-state index < -0.39 is 0 Å². The molecule has 1 rings (SSSR count). The van der Waals surface area contributed by atoms with Gasteiger partial charge < -0.3 is 9.47 Å². The third kappa shape index (κ3) is 7.75. The Morgan fingerprint density at radius 2 is 1.87 bits per heavy atom. The number of benzene rings is 1. The molecule has 2 atom stereocenters. The van der Waals surface area contributed by atoms with E-state index in [4.69, 9.17) is 9.47 Å². The van der Waals surface area contributed by atoms with Crippen LogP contribution in [-0.2, 0) is 25.5 Å². The van der Waals surface area contributed by atoms with Crippen LogP contribution in [0.3, 0.4) is 0 Å². The van der Waals surface area contributed by atoms with Gasteiger partial charge in [0.05, 0.1) is 12.5 Å². The van der Waals surface area contributed by atoms with Crippen LogP contribution in [0.15, 0.2) is 30.8 Å². The number of aryl methyl sites for hydroxylation is 1. The van der Waals surface area contributed by atoms with Crippen molar-refractivity contribution in [3.05, 3.63) is 42.0 Å². The van der Waals surface area contributed by atoms with E-state index in [0.29, 0.717) is 6.42 Å². The minimum absolute atomic E-state index is 0.0181. The molecule has 1 aromatic carbocycles.